The van der Waals surface area contributed by atoms with Crippen LogP contribution in [0.25, 0.3) is 10.9 Å². The third kappa shape index (κ3) is 2.59. The molecule has 2 unspecified atom stereocenters. The first-order chi connectivity index (χ1) is 15.0. The molecule has 4 heterocycles. The van der Waals surface area contributed by atoms with E-state index >= 15 is 0 Å². The minimum absolute atomic E-state index is 0.0104. The molecule has 1 saturated heterocycles. The number of fused-ring (bicyclic) bond motifs is 5. The van der Waals surface area contributed by atoms with E-state index in [-0.39, 0.29) is 37.2 Å². The lowest BCUT2D eigenvalue weighted by atomic mass is 9.86. The van der Waals surface area contributed by atoms with Crippen LogP contribution in [0.5, 0.6) is 11.5 Å². The Balaban J connectivity index is 1.56. The van der Waals surface area contributed by atoms with Gasteiger partial charge in [0.25, 0.3) is 0 Å². The first-order valence-electron chi connectivity index (χ1n) is 10.6. The maximum atomic E-state index is 13.5. The summed E-state index contributed by atoms with van der Waals surface area (Å²) in [5.41, 5.74) is 3.99. The number of para-hydroxylation sites is 1. The number of H-pyrrole nitrogens is 1. The number of carbonyl (C=O) groups is 2. The number of rotatable bonds is 2. The highest BCUT2D eigenvalue weighted by atomic mass is 16.7. The molecule has 3 aromatic rings. The van der Waals surface area contributed by atoms with Gasteiger partial charge in [0.1, 0.15) is 12.6 Å². The standard InChI is InChI=1S/C24H23N3O4/c1-13(2)26-11-21(28)27-18(24(26)29)10-16-15-5-3-4-6-17(15)25-22(16)23(27)14-7-8-19-20(9-14)31-12-30-19/h3-9,13,18,23,25H,10-12H2,1-2H3. The number of benzene rings is 2. The molecule has 3 aliphatic rings. The van der Waals surface area contributed by atoms with Crippen molar-refractivity contribution in [3.63, 3.8) is 0 Å². The van der Waals surface area contributed by atoms with Crippen LogP contribution >= 0.6 is 0 Å². The van der Waals surface area contributed by atoms with Crippen LogP contribution < -0.4 is 9.47 Å². The zero-order chi connectivity index (χ0) is 21.3. The third-order valence-corrected chi connectivity index (χ3v) is 6.63. The van der Waals surface area contributed by atoms with E-state index in [9.17, 15) is 9.59 Å². The SMILES string of the molecule is CC(C)N1CC(=O)N2C(Cc3c([nH]c4ccccc34)C2c2ccc3c(c2)OCO3)C1=O. The number of aromatic nitrogens is 1. The van der Waals surface area contributed by atoms with Gasteiger partial charge in [-0.3, -0.25) is 9.59 Å². The van der Waals surface area contributed by atoms with Crippen molar-refractivity contribution in [3.05, 3.63) is 59.3 Å². The van der Waals surface area contributed by atoms with E-state index in [0.29, 0.717) is 17.9 Å². The number of aromatic amines is 1. The highest BCUT2D eigenvalue weighted by Gasteiger charge is 2.48. The van der Waals surface area contributed by atoms with Crippen LogP contribution in [0.15, 0.2) is 42.5 Å². The maximum absolute atomic E-state index is 13.5. The Labute approximate surface area is 179 Å². The number of piperazine rings is 1. The van der Waals surface area contributed by atoms with E-state index in [4.69, 9.17) is 9.47 Å². The van der Waals surface area contributed by atoms with Gasteiger partial charge in [-0.05, 0) is 43.2 Å². The smallest absolute Gasteiger partial charge is 0.246 e. The lowest BCUT2D eigenvalue weighted by Crippen LogP contribution is -2.64. The molecular formula is C24H23N3O4. The molecule has 2 atom stereocenters. The molecule has 1 aromatic heterocycles. The van der Waals surface area contributed by atoms with Gasteiger partial charge >= 0.3 is 0 Å². The van der Waals surface area contributed by atoms with Gasteiger partial charge in [-0.2, -0.15) is 0 Å². The van der Waals surface area contributed by atoms with E-state index in [1.807, 2.05) is 50.2 Å². The van der Waals surface area contributed by atoms with Gasteiger partial charge in [-0.1, -0.05) is 24.3 Å². The number of nitrogens with one attached hydrogen (secondary N) is 1. The molecule has 0 bridgehead atoms. The quantitative estimate of drug-likeness (QED) is 0.696. The van der Waals surface area contributed by atoms with E-state index in [1.165, 1.54) is 0 Å². The fourth-order valence-electron chi connectivity index (χ4n) is 5.15. The van der Waals surface area contributed by atoms with Gasteiger partial charge in [-0.25, -0.2) is 0 Å². The second kappa shape index (κ2) is 6.51. The zero-order valence-electron chi connectivity index (χ0n) is 17.4. The predicted molar refractivity (Wildman–Crippen MR) is 114 cm³/mol. The molecule has 7 nitrogen and oxygen atoms in total. The van der Waals surface area contributed by atoms with Crippen molar-refractivity contribution >= 4 is 22.7 Å². The molecule has 0 saturated carbocycles. The molecule has 158 valence electrons. The first-order valence-corrected chi connectivity index (χ1v) is 10.6. The average Bonchev–Trinajstić information content (AvgIpc) is 3.38. The third-order valence-electron chi connectivity index (χ3n) is 6.63. The number of hydrogen-bond acceptors (Lipinski definition) is 4. The van der Waals surface area contributed by atoms with Crippen molar-refractivity contribution in [1.82, 2.24) is 14.8 Å². The molecule has 2 amide bonds. The topological polar surface area (TPSA) is 74.9 Å². The molecule has 6 rings (SSSR count). The normalized spacial score (nSPS) is 22.3. The molecule has 3 aliphatic heterocycles. The van der Waals surface area contributed by atoms with E-state index in [1.54, 1.807) is 9.80 Å². The van der Waals surface area contributed by atoms with Crippen LogP contribution in [-0.4, -0.2) is 52.0 Å². The largest absolute Gasteiger partial charge is 0.454 e. The fourth-order valence-corrected chi connectivity index (χ4v) is 5.15. The number of ether oxygens (including phenoxy) is 2. The molecule has 1 fully saturated rings. The Kier molecular flexibility index (Phi) is 3.84. The van der Waals surface area contributed by atoms with Gasteiger partial charge in [0.15, 0.2) is 11.5 Å². The minimum Gasteiger partial charge on any atom is -0.454 e. The van der Waals surface area contributed by atoms with Crippen molar-refractivity contribution in [2.75, 3.05) is 13.3 Å². The summed E-state index contributed by atoms with van der Waals surface area (Å²) in [5.74, 6) is 1.33. The number of hydrogen-bond donors (Lipinski definition) is 1. The van der Waals surface area contributed by atoms with E-state index in [2.05, 4.69) is 11.1 Å². The molecule has 0 aliphatic carbocycles. The van der Waals surface area contributed by atoms with Crippen LogP contribution in [0.4, 0.5) is 0 Å². The Morgan fingerprint density at radius 1 is 1.06 bits per heavy atom. The Morgan fingerprint density at radius 3 is 2.71 bits per heavy atom. The summed E-state index contributed by atoms with van der Waals surface area (Å²) in [4.78, 5) is 33.9. The van der Waals surface area contributed by atoms with Crippen LogP contribution in [0, 0.1) is 0 Å². The first kappa shape index (κ1) is 18.3. The van der Waals surface area contributed by atoms with E-state index < -0.39 is 6.04 Å². The van der Waals surface area contributed by atoms with Crippen molar-refractivity contribution in [2.24, 2.45) is 0 Å². The minimum atomic E-state index is -0.522. The lowest BCUT2D eigenvalue weighted by molar-refractivity contribution is -0.160. The van der Waals surface area contributed by atoms with Crippen molar-refractivity contribution in [3.8, 4) is 11.5 Å². The number of amides is 2. The van der Waals surface area contributed by atoms with E-state index in [0.717, 1.165) is 27.7 Å². The summed E-state index contributed by atoms with van der Waals surface area (Å²) in [6.07, 6.45) is 0.508. The molecule has 7 heteroatoms. The van der Waals surface area contributed by atoms with Crippen LogP contribution in [0.2, 0.25) is 0 Å². The molecule has 31 heavy (non-hydrogen) atoms. The Hall–Kier alpha value is -3.48. The van der Waals surface area contributed by atoms with Crippen molar-refractivity contribution in [1.29, 1.82) is 0 Å². The molecule has 2 aromatic carbocycles. The Bertz CT molecular complexity index is 1230. The highest BCUT2D eigenvalue weighted by molar-refractivity contribution is 5.97. The molecular weight excluding hydrogens is 394 g/mol. The average molecular weight is 417 g/mol. The predicted octanol–water partition coefficient (Wildman–Crippen LogP) is 2.99. The summed E-state index contributed by atoms with van der Waals surface area (Å²) in [6.45, 7) is 4.20. The Morgan fingerprint density at radius 2 is 1.87 bits per heavy atom. The zero-order valence-corrected chi connectivity index (χ0v) is 17.4. The summed E-state index contributed by atoms with van der Waals surface area (Å²) in [5, 5.41) is 1.10. The number of carbonyl (C=O) groups excluding carboxylic acids is 2. The van der Waals surface area contributed by atoms with Gasteiger partial charge in [-0.15, -0.1) is 0 Å². The highest BCUT2D eigenvalue weighted by Crippen LogP contribution is 2.45. The van der Waals surface area contributed by atoms with Crippen molar-refractivity contribution < 1.29 is 19.1 Å². The van der Waals surface area contributed by atoms with Crippen LogP contribution in [0.3, 0.4) is 0 Å². The lowest BCUT2D eigenvalue weighted by Gasteiger charge is -2.48. The molecule has 0 spiro atoms. The summed E-state index contributed by atoms with van der Waals surface area (Å²) < 4.78 is 11.1. The van der Waals surface area contributed by atoms with Gasteiger partial charge < -0.3 is 24.3 Å². The fraction of sp³-hybridized carbons (Fsp3) is 0.333. The van der Waals surface area contributed by atoms with Gasteiger partial charge in [0.05, 0.1) is 6.04 Å². The van der Waals surface area contributed by atoms with Gasteiger partial charge in [0.2, 0.25) is 18.6 Å². The molecule has 1 N–H and O–H groups in total. The summed E-state index contributed by atoms with van der Waals surface area (Å²) in [6, 6.07) is 12.9. The van der Waals surface area contributed by atoms with Crippen LogP contribution in [-0.2, 0) is 16.0 Å². The number of nitrogens with zero attached hydrogens (tertiary/aromatic N) is 2. The van der Waals surface area contributed by atoms with Gasteiger partial charge in [0, 0.05) is 29.1 Å². The summed E-state index contributed by atoms with van der Waals surface area (Å²) >= 11 is 0. The maximum Gasteiger partial charge on any atom is 0.246 e. The molecule has 0 radical (unpaired) electrons. The monoisotopic (exact) mass is 417 g/mol. The second-order valence-electron chi connectivity index (χ2n) is 8.66. The second-order valence-corrected chi connectivity index (χ2v) is 8.66. The van der Waals surface area contributed by atoms with Crippen LogP contribution in [0.1, 0.15) is 36.7 Å². The summed E-state index contributed by atoms with van der Waals surface area (Å²) in [7, 11) is 0. The van der Waals surface area contributed by atoms with Crippen molar-refractivity contribution in [2.45, 2.75) is 38.4 Å².